The molecule has 0 aromatic rings. The van der Waals surface area contributed by atoms with Gasteiger partial charge in [0, 0.05) is 25.7 Å². The van der Waals surface area contributed by atoms with Crippen molar-refractivity contribution in [2.45, 2.75) is 504 Å². The van der Waals surface area contributed by atoms with Crippen molar-refractivity contribution in [2.24, 2.45) is 0 Å². The molecule has 0 amide bonds. The molecule has 0 aromatic heterocycles. The fourth-order valence-electron chi connectivity index (χ4n) is 15.4. The van der Waals surface area contributed by atoms with Crippen LogP contribution in [0.2, 0.25) is 0 Å². The van der Waals surface area contributed by atoms with E-state index in [2.05, 4.69) is 52.0 Å². The molecule has 117 heavy (non-hydrogen) atoms. The molecule has 18 unspecified atom stereocenters. The maximum absolute atomic E-state index is 14.9. The van der Waals surface area contributed by atoms with Crippen molar-refractivity contribution in [1.82, 2.24) is 0 Å². The quantitative estimate of drug-likeness (QED) is 0.00889. The first-order valence-electron chi connectivity index (χ1n) is 47.1. The Morgan fingerprint density at radius 3 is 1.03 bits per heavy atom. The van der Waals surface area contributed by atoms with Crippen LogP contribution in [-0.4, -0.2) is 205 Å². The molecule has 686 valence electrons. The van der Waals surface area contributed by atoms with Gasteiger partial charge in [0.05, 0.1) is 13.2 Å². The number of ether oxygens (including phenoxy) is 8. The number of aliphatic hydroxyl groups is 9. The molecule has 18 atom stereocenters. The second-order valence-corrected chi connectivity index (χ2v) is 34.9. The highest BCUT2D eigenvalue weighted by molar-refractivity contribution is 7.47. The highest BCUT2D eigenvalue weighted by Crippen LogP contribution is 2.49. The molecule has 3 rings (SSSR count). The van der Waals surface area contributed by atoms with Crippen LogP contribution in [0, 0.1) is 0 Å². The molecular formula is C91H167O25P. The van der Waals surface area contributed by atoms with Gasteiger partial charge in [0.1, 0.15) is 92.6 Å². The fourth-order valence-corrected chi connectivity index (χ4v) is 16.4. The second-order valence-electron chi connectivity index (χ2n) is 33.5. The highest BCUT2D eigenvalue weighted by Gasteiger charge is 2.60. The van der Waals surface area contributed by atoms with E-state index in [-0.39, 0.29) is 25.7 Å². The second kappa shape index (κ2) is 70.3. The van der Waals surface area contributed by atoms with Crippen molar-refractivity contribution in [1.29, 1.82) is 0 Å². The molecule has 26 heteroatoms. The molecule has 0 bridgehead atoms. The fraction of sp³-hybridized carbons (Fsp3) is 0.912. The molecular weight excluding hydrogens is 1520 g/mol. The van der Waals surface area contributed by atoms with Crippen LogP contribution < -0.4 is 0 Å². The lowest BCUT2D eigenvalue weighted by Crippen LogP contribution is -2.70. The van der Waals surface area contributed by atoms with Crippen LogP contribution in [0.1, 0.15) is 400 Å². The van der Waals surface area contributed by atoms with Crippen LogP contribution in [0.5, 0.6) is 0 Å². The molecule has 0 spiro atoms. The van der Waals surface area contributed by atoms with Gasteiger partial charge in [0.2, 0.25) is 0 Å². The number of allylic oxidation sites excluding steroid dienone is 4. The number of carbonyl (C=O) groups is 4. The molecule has 3 fully saturated rings. The maximum Gasteiger partial charge on any atom is 0.472 e. The Bertz CT molecular complexity index is 2530. The maximum atomic E-state index is 14.9. The van der Waals surface area contributed by atoms with Gasteiger partial charge in [-0.2, -0.15) is 0 Å². The van der Waals surface area contributed by atoms with E-state index in [9.17, 15) is 74.6 Å². The predicted molar refractivity (Wildman–Crippen MR) is 453 cm³/mol. The Labute approximate surface area is 704 Å². The Kier molecular flexibility index (Phi) is 64.9. The van der Waals surface area contributed by atoms with Gasteiger partial charge in [-0.3, -0.25) is 28.2 Å². The van der Waals surface area contributed by atoms with Crippen LogP contribution in [0.4, 0.5) is 0 Å². The molecule has 10 N–H and O–H groups in total. The third-order valence-electron chi connectivity index (χ3n) is 22.9. The van der Waals surface area contributed by atoms with Crippen molar-refractivity contribution in [3.8, 4) is 0 Å². The van der Waals surface area contributed by atoms with E-state index in [0.29, 0.717) is 38.5 Å². The molecule has 25 nitrogen and oxygen atoms in total. The molecule has 0 radical (unpaired) electrons. The number of rotatable bonds is 76. The third kappa shape index (κ3) is 50.5. The number of hydrogen-bond acceptors (Lipinski definition) is 24. The van der Waals surface area contributed by atoms with Crippen LogP contribution in [0.25, 0.3) is 0 Å². The van der Waals surface area contributed by atoms with E-state index in [1.54, 1.807) is 0 Å². The zero-order valence-electron chi connectivity index (χ0n) is 73.0. The lowest BCUT2D eigenvalue weighted by Gasteiger charge is -2.50. The Hall–Kier alpha value is -3.05. The first-order valence-corrected chi connectivity index (χ1v) is 48.6. The third-order valence-corrected chi connectivity index (χ3v) is 23.9. The molecule has 2 saturated heterocycles. The highest BCUT2D eigenvalue weighted by atomic mass is 31.2. The van der Waals surface area contributed by atoms with E-state index >= 15 is 0 Å². The summed E-state index contributed by atoms with van der Waals surface area (Å²) < 4.78 is 73.4. The monoisotopic (exact) mass is 1690 g/mol. The summed E-state index contributed by atoms with van der Waals surface area (Å²) in [5, 5.41) is 102. The van der Waals surface area contributed by atoms with Gasteiger partial charge < -0.3 is 88.7 Å². The standard InChI is InChI=1S/C91H167O25P/c1-5-9-13-17-21-25-29-33-36-40-43-47-51-55-59-63-74(93)107-68-71(110-76(95)65-61-57-53-49-45-39-32-28-24-20-16-12-8-4)69-109-117(105,106)116-89-87(114-90-84(103)80(99)78(97)72(67-92)111-90)83(102)82(101)86(113-77(96)66-62-58-54-50-46-42-38-35-31-27-23-19-15-11-7-3)88(89)115-91-85(104)81(100)79(98)73(112-91)70-108-75(94)64-60-56-52-48-44-41-37-34-30-26-22-18-14-10-6-2/h26,30,39,45,71-73,78-92,97-104H,5-25,27-29,31-38,40-44,46-70H2,1-4H3,(H,105,106)/b30-26-,45-39-. The van der Waals surface area contributed by atoms with Crippen molar-refractivity contribution in [3.63, 3.8) is 0 Å². The minimum Gasteiger partial charge on any atom is -0.463 e. The lowest BCUT2D eigenvalue weighted by molar-refractivity contribution is -0.360. The summed E-state index contributed by atoms with van der Waals surface area (Å²) in [6, 6.07) is 0. The SMILES string of the molecule is CCCCCC/C=C\CCCCCCCCCC(=O)OCC1OC(OC2C(OC(=O)CCCCCCCCCCCCCCCCC)C(O)C(O)C(OC3OC(CO)C(O)C(O)C3O)C2OP(=O)(O)OCC(COC(=O)CCCCCCCCCCCCCCCCC)OC(=O)CCCCC/C=C\CCCCCCCC)C(O)C(O)C1O. The summed E-state index contributed by atoms with van der Waals surface area (Å²) in [5.74, 6) is -2.98. The van der Waals surface area contributed by atoms with Crippen LogP contribution in [-0.2, 0) is 70.7 Å². The van der Waals surface area contributed by atoms with Crippen LogP contribution >= 0.6 is 7.82 Å². The Morgan fingerprint density at radius 1 is 0.333 bits per heavy atom. The number of unbranched alkanes of at least 4 members (excludes halogenated alkanes) is 48. The normalized spacial score (nSPS) is 25.1. The molecule has 0 aromatic carbocycles. The van der Waals surface area contributed by atoms with E-state index in [0.717, 1.165) is 141 Å². The molecule has 2 heterocycles. The number of phosphoric ester groups is 1. The summed E-state index contributed by atoms with van der Waals surface area (Å²) in [6.07, 6.45) is 30.3. The average Bonchev–Trinajstić information content (AvgIpc) is 0.755. The molecule has 3 aliphatic rings. The summed E-state index contributed by atoms with van der Waals surface area (Å²) in [4.78, 5) is 66.4. The topological polar surface area (TPSA) is 380 Å². The van der Waals surface area contributed by atoms with Gasteiger partial charge in [-0.05, 0) is 77.0 Å². The van der Waals surface area contributed by atoms with Gasteiger partial charge in [-0.25, -0.2) is 4.57 Å². The molecule has 2 aliphatic heterocycles. The molecule has 1 saturated carbocycles. The van der Waals surface area contributed by atoms with Crippen molar-refractivity contribution < 1.29 is 122 Å². The van der Waals surface area contributed by atoms with Gasteiger partial charge in [0.15, 0.2) is 24.8 Å². The number of phosphoric acid groups is 1. The minimum atomic E-state index is -5.81. The summed E-state index contributed by atoms with van der Waals surface area (Å²) in [5.41, 5.74) is 0. The van der Waals surface area contributed by atoms with E-state index < -0.39 is 162 Å². The lowest BCUT2D eigenvalue weighted by atomic mass is 9.84. The van der Waals surface area contributed by atoms with Gasteiger partial charge in [-0.1, -0.05) is 322 Å². The summed E-state index contributed by atoms with van der Waals surface area (Å²) in [7, 11) is -5.81. The molecule has 1 aliphatic carbocycles. The van der Waals surface area contributed by atoms with Gasteiger partial charge in [-0.15, -0.1) is 0 Å². The zero-order chi connectivity index (χ0) is 85.4. The van der Waals surface area contributed by atoms with Crippen molar-refractivity contribution in [2.75, 3.05) is 26.4 Å². The van der Waals surface area contributed by atoms with Crippen molar-refractivity contribution in [3.05, 3.63) is 24.3 Å². The van der Waals surface area contributed by atoms with E-state index in [1.165, 1.54) is 167 Å². The Balaban J connectivity index is 1.92. The summed E-state index contributed by atoms with van der Waals surface area (Å²) in [6.45, 7) is 5.57. The Morgan fingerprint density at radius 2 is 0.641 bits per heavy atom. The zero-order valence-corrected chi connectivity index (χ0v) is 73.9. The minimum absolute atomic E-state index is 0.00937. The van der Waals surface area contributed by atoms with E-state index in [4.69, 9.17) is 46.9 Å². The smallest absolute Gasteiger partial charge is 0.463 e. The first-order chi connectivity index (χ1) is 56.7. The van der Waals surface area contributed by atoms with Crippen LogP contribution in [0.3, 0.4) is 0 Å². The number of carbonyl (C=O) groups excluding carboxylic acids is 4. The van der Waals surface area contributed by atoms with Crippen LogP contribution in [0.15, 0.2) is 24.3 Å². The number of hydrogen-bond donors (Lipinski definition) is 10. The van der Waals surface area contributed by atoms with Crippen molar-refractivity contribution >= 4 is 31.7 Å². The average molecular weight is 1690 g/mol. The summed E-state index contributed by atoms with van der Waals surface area (Å²) >= 11 is 0. The van der Waals surface area contributed by atoms with Gasteiger partial charge >= 0.3 is 31.7 Å². The number of esters is 4. The number of aliphatic hydroxyl groups excluding tert-OH is 9. The largest absolute Gasteiger partial charge is 0.472 e. The first kappa shape index (κ1) is 108. The van der Waals surface area contributed by atoms with Gasteiger partial charge in [0.25, 0.3) is 0 Å². The van der Waals surface area contributed by atoms with E-state index in [1.807, 2.05) is 0 Å². The predicted octanol–water partition coefficient (Wildman–Crippen LogP) is 17.3.